The molecule has 2 fully saturated rings. The van der Waals surface area contributed by atoms with E-state index in [0.29, 0.717) is 48.2 Å². The number of benzene rings is 2. The maximum absolute atomic E-state index is 13.3. The third-order valence-corrected chi connectivity index (χ3v) is 7.25. The van der Waals surface area contributed by atoms with E-state index in [4.69, 9.17) is 5.26 Å². The average Bonchev–Trinajstić information content (AvgIpc) is 3.74. The van der Waals surface area contributed by atoms with Crippen LogP contribution in [0.15, 0.2) is 60.8 Å². The minimum atomic E-state index is -0.0498. The number of carbonyl (C=O) groups is 2. The highest BCUT2D eigenvalue weighted by atomic mass is 16.2. The van der Waals surface area contributed by atoms with E-state index in [-0.39, 0.29) is 11.8 Å². The Hall–Kier alpha value is -3.98. The number of pyridine rings is 1. The number of aryl methyl sites for hydroxylation is 1. The summed E-state index contributed by atoms with van der Waals surface area (Å²) in [6.07, 6.45) is 6.18. The van der Waals surface area contributed by atoms with Crippen molar-refractivity contribution < 1.29 is 9.59 Å². The third-order valence-electron chi connectivity index (χ3n) is 7.25. The van der Waals surface area contributed by atoms with Crippen molar-refractivity contribution >= 4 is 11.8 Å². The molecule has 5 rings (SSSR count). The standard InChI is InChI=1S/C30H30N4O2/c1-20-2-5-25(16-26(20)18-28-17-24(10-13-32-28)29(35)33-27-8-9-27)30(36)34-14-11-23(12-15-34)22-6-3-21(19-31)4-7-22/h2-7,10,13,16-17,23,27H,8-9,11-12,14-15,18H2,1H3,(H,33,35). The van der Waals surface area contributed by atoms with Gasteiger partial charge in [-0.3, -0.25) is 14.6 Å². The largest absolute Gasteiger partial charge is 0.349 e. The van der Waals surface area contributed by atoms with Gasteiger partial charge in [0.1, 0.15) is 0 Å². The Morgan fingerprint density at radius 2 is 1.75 bits per heavy atom. The van der Waals surface area contributed by atoms with Gasteiger partial charge in [0, 0.05) is 48.6 Å². The molecule has 0 atom stereocenters. The maximum atomic E-state index is 13.3. The van der Waals surface area contributed by atoms with Crippen LogP contribution in [0.1, 0.15) is 80.3 Å². The van der Waals surface area contributed by atoms with Crippen LogP contribution < -0.4 is 5.32 Å². The molecule has 2 aliphatic rings. The fourth-order valence-corrected chi connectivity index (χ4v) is 4.83. The molecule has 1 saturated carbocycles. The van der Waals surface area contributed by atoms with E-state index in [1.807, 2.05) is 60.4 Å². The SMILES string of the molecule is Cc1ccc(C(=O)N2CCC(c3ccc(C#N)cc3)CC2)cc1Cc1cc(C(=O)NC2CC2)ccn1. The Morgan fingerprint density at radius 1 is 1.00 bits per heavy atom. The van der Waals surface area contributed by atoms with E-state index in [1.54, 1.807) is 12.3 Å². The number of aromatic nitrogens is 1. The summed E-state index contributed by atoms with van der Waals surface area (Å²) in [5.74, 6) is 0.414. The first-order valence-corrected chi connectivity index (χ1v) is 12.6. The van der Waals surface area contributed by atoms with E-state index in [1.165, 1.54) is 5.56 Å². The van der Waals surface area contributed by atoms with Gasteiger partial charge in [-0.1, -0.05) is 18.2 Å². The molecule has 1 aliphatic carbocycles. The number of hydrogen-bond donors (Lipinski definition) is 1. The predicted octanol–water partition coefficient (Wildman–Crippen LogP) is 4.76. The van der Waals surface area contributed by atoms with Crippen LogP contribution in [0, 0.1) is 18.3 Å². The van der Waals surface area contributed by atoms with Crippen molar-refractivity contribution in [3.63, 3.8) is 0 Å². The molecule has 0 bridgehead atoms. The fourth-order valence-electron chi connectivity index (χ4n) is 4.83. The van der Waals surface area contributed by atoms with Gasteiger partial charge in [0.2, 0.25) is 0 Å². The summed E-state index contributed by atoms with van der Waals surface area (Å²) in [6.45, 7) is 3.47. The molecule has 0 spiro atoms. The number of rotatable bonds is 6. The summed E-state index contributed by atoms with van der Waals surface area (Å²) in [7, 11) is 0. The molecular weight excluding hydrogens is 448 g/mol. The lowest BCUT2D eigenvalue weighted by Crippen LogP contribution is -2.38. The second kappa shape index (κ2) is 10.3. The van der Waals surface area contributed by atoms with Gasteiger partial charge < -0.3 is 10.2 Å². The van der Waals surface area contributed by atoms with Crippen molar-refractivity contribution in [2.24, 2.45) is 0 Å². The van der Waals surface area contributed by atoms with Crippen LogP contribution >= 0.6 is 0 Å². The highest BCUT2D eigenvalue weighted by Gasteiger charge is 2.26. The van der Waals surface area contributed by atoms with Gasteiger partial charge in [0.25, 0.3) is 11.8 Å². The first-order chi connectivity index (χ1) is 17.5. The maximum Gasteiger partial charge on any atom is 0.253 e. The first kappa shape index (κ1) is 23.7. The quantitative estimate of drug-likeness (QED) is 0.553. The molecular formula is C30H30N4O2. The molecule has 1 N–H and O–H groups in total. The van der Waals surface area contributed by atoms with Crippen LogP contribution in [-0.2, 0) is 6.42 Å². The number of carbonyl (C=O) groups excluding carboxylic acids is 2. The summed E-state index contributed by atoms with van der Waals surface area (Å²) in [5.41, 5.74) is 6.18. The van der Waals surface area contributed by atoms with Crippen molar-refractivity contribution in [3.05, 3.63) is 99.9 Å². The second-order valence-electron chi connectivity index (χ2n) is 9.90. The highest BCUT2D eigenvalue weighted by molar-refractivity contribution is 5.95. The van der Waals surface area contributed by atoms with Crippen molar-refractivity contribution in [2.45, 2.75) is 51.0 Å². The predicted molar refractivity (Wildman–Crippen MR) is 138 cm³/mol. The summed E-state index contributed by atoms with van der Waals surface area (Å²) in [5, 5.41) is 12.0. The molecule has 1 aromatic heterocycles. The zero-order valence-corrected chi connectivity index (χ0v) is 20.5. The number of nitriles is 1. The van der Waals surface area contributed by atoms with Gasteiger partial charge in [0.05, 0.1) is 11.6 Å². The molecule has 0 unspecified atom stereocenters. The molecule has 6 heteroatoms. The van der Waals surface area contributed by atoms with Gasteiger partial charge in [-0.25, -0.2) is 0 Å². The van der Waals surface area contributed by atoms with Crippen molar-refractivity contribution in [1.82, 2.24) is 15.2 Å². The minimum Gasteiger partial charge on any atom is -0.349 e. The van der Waals surface area contributed by atoms with Crippen molar-refractivity contribution in [3.8, 4) is 6.07 Å². The van der Waals surface area contributed by atoms with Gasteiger partial charge in [-0.2, -0.15) is 5.26 Å². The van der Waals surface area contributed by atoms with Gasteiger partial charge in [-0.05, 0) is 91.6 Å². The normalized spacial score (nSPS) is 15.8. The highest BCUT2D eigenvalue weighted by Crippen LogP contribution is 2.29. The monoisotopic (exact) mass is 478 g/mol. The molecule has 2 heterocycles. The first-order valence-electron chi connectivity index (χ1n) is 12.6. The van der Waals surface area contributed by atoms with Gasteiger partial charge in [-0.15, -0.1) is 0 Å². The lowest BCUT2D eigenvalue weighted by atomic mass is 9.88. The Bertz CT molecular complexity index is 1310. The van der Waals surface area contributed by atoms with E-state index in [0.717, 1.165) is 42.5 Å². The lowest BCUT2D eigenvalue weighted by Gasteiger charge is -2.32. The van der Waals surface area contributed by atoms with Crippen LogP contribution in [0.25, 0.3) is 0 Å². The zero-order valence-electron chi connectivity index (χ0n) is 20.5. The van der Waals surface area contributed by atoms with Crippen LogP contribution in [-0.4, -0.2) is 40.8 Å². The Morgan fingerprint density at radius 3 is 2.44 bits per heavy atom. The second-order valence-corrected chi connectivity index (χ2v) is 9.90. The van der Waals surface area contributed by atoms with E-state index in [9.17, 15) is 9.59 Å². The summed E-state index contributed by atoms with van der Waals surface area (Å²) < 4.78 is 0. The molecule has 36 heavy (non-hydrogen) atoms. The molecule has 6 nitrogen and oxygen atoms in total. The van der Waals surface area contributed by atoms with Gasteiger partial charge >= 0.3 is 0 Å². The Kier molecular flexibility index (Phi) is 6.81. The summed E-state index contributed by atoms with van der Waals surface area (Å²) in [4.78, 5) is 32.2. The third kappa shape index (κ3) is 5.46. The van der Waals surface area contributed by atoms with E-state index >= 15 is 0 Å². The number of piperidine rings is 1. The molecule has 1 aliphatic heterocycles. The number of nitrogens with one attached hydrogen (secondary N) is 1. The molecule has 0 radical (unpaired) electrons. The van der Waals surface area contributed by atoms with Crippen LogP contribution in [0.2, 0.25) is 0 Å². The minimum absolute atomic E-state index is 0.0498. The zero-order chi connectivity index (χ0) is 25.1. The molecule has 1 saturated heterocycles. The van der Waals surface area contributed by atoms with Crippen LogP contribution in [0.4, 0.5) is 0 Å². The Labute approximate surface area is 212 Å². The lowest BCUT2D eigenvalue weighted by molar-refractivity contribution is 0.0712. The molecule has 2 aromatic carbocycles. The topological polar surface area (TPSA) is 86.1 Å². The average molecular weight is 479 g/mol. The number of nitrogens with zero attached hydrogens (tertiary/aromatic N) is 3. The molecule has 3 aromatic rings. The summed E-state index contributed by atoms with van der Waals surface area (Å²) in [6, 6.07) is 19.7. The van der Waals surface area contributed by atoms with Crippen molar-refractivity contribution in [2.75, 3.05) is 13.1 Å². The van der Waals surface area contributed by atoms with E-state index < -0.39 is 0 Å². The number of amides is 2. The van der Waals surface area contributed by atoms with Crippen LogP contribution in [0.5, 0.6) is 0 Å². The Balaban J connectivity index is 1.24. The van der Waals surface area contributed by atoms with Crippen molar-refractivity contribution in [1.29, 1.82) is 5.26 Å². The van der Waals surface area contributed by atoms with E-state index in [2.05, 4.69) is 16.4 Å². The van der Waals surface area contributed by atoms with Gasteiger partial charge in [0.15, 0.2) is 0 Å². The smallest absolute Gasteiger partial charge is 0.253 e. The van der Waals surface area contributed by atoms with Crippen LogP contribution in [0.3, 0.4) is 0 Å². The molecule has 182 valence electrons. The molecule has 2 amide bonds. The number of hydrogen-bond acceptors (Lipinski definition) is 4. The summed E-state index contributed by atoms with van der Waals surface area (Å²) >= 11 is 0. The fraction of sp³-hybridized carbons (Fsp3) is 0.333. The number of likely N-dealkylation sites (tertiary alicyclic amines) is 1.